The van der Waals surface area contributed by atoms with Crippen LogP contribution >= 0.6 is 11.3 Å². The molecular weight excluding hydrogens is 288 g/mol. The summed E-state index contributed by atoms with van der Waals surface area (Å²) in [6.45, 7) is 6.15. The summed E-state index contributed by atoms with van der Waals surface area (Å²) in [6.07, 6.45) is 2.89. The van der Waals surface area contributed by atoms with Gasteiger partial charge in [-0.1, -0.05) is 6.92 Å². The third-order valence-electron chi connectivity index (χ3n) is 3.48. The minimum atomic E-state index is -0.174. The zero-order chi connectivity index (χ0) is 15.2. The van der Waals surface area contributed by atoms with E-state index in [-0.39, 0.29) is 17.9 Å². The number of nitrogens with one attached hydrogen (secondary N) is 2. The Morgan fingerprint density at radius 1 is 1.48 bits per heavy atom. The van der Waals surface area contributed by atoms with Crippen molar-refractivity contribution in [3.8, 4) is 0 Å². The minimum Gasteiger partial charge on any atom is -0.334 e. The largest absolute Gasteiger partial charge is 0.334 e. The fourth-order valence-corrected chi connectivity index (χ4v) is 3.27. The molecule has 0 radical (unpaired) electrons. The Balaban J connectivity index is 2.09. The van der Waals surface area contributed by atoms with Crippen molar-refractivity contribution in [3.05, 3.63) is 11.1 Å². The second kappa shape index (κ2) is 7.51. The van der Waals surface area contributed by atoms with E-state index in [1.807, 2.05) is 4.90 Å². The lowest BCUT2D eigenvalue weighted by Gasteiger charge is -2.34. The first-order valence-corrected chi connectivity index (χ1v) is 8.24. The number of aromatic nitrogens is 1. The van der Waals surface area contributed by atoms with Crippen LogP contribution in [0.25, 0.3) is 0 Å². The lowest BCUT2D eigenvalue weighted by atomic mass is 10.0. The van der Waals surface area contributed by atoms with Crippen LogP contribution in [0.15, 0.2) is 5.38 Å². The maximum absolute atomic E-state index is 12.7. The minimum absolute atomic E-state index is 0.0309. The molecule has 2 amide bonds. The van der Waals surface area contributed by atoms with Gasteiger partial charge in [-0.05, 0) is 32.4 Å². The Morgan fingerprint density at radius 2 is 2.19 bits per heavy atom. The van der Waals surface area contributed by atoms with Crippen LogP contribution in [0.5, 0.6) is 0 Å². The van der Waals surface area contributed by atoms with Gasteiger partial charge in [-0.2, -0.15) is 0 Å². The van der Waals surface area contributed by atoms with E-state index in [9.17, 15) is 9.59 Å². The van der Waals surface area contributed by atoms with Crippen LogP contribution in [0.3, 0.4) is 0 Å². The quantitative estimate of drug-likeness (QED) is 0.868. The lowest BCUT2D eigenvalue weighted by Crippen LogP contribution is -2.46. The van der Waals surface area contributed by atoms with Gasteiger partial charge < -0.3 is 15.5 Å². The number of nitrogens with zero attached hydrogens (tertiary/aromatic N) is 2. The summed E-state index contributed by atoms with van der Waals surface area (Å²) < 4.78 is 0. The van der Waals surface area contributed by atoms with Gasteiger partial charge in [-0.25, -0.2) is 4.98 Å². The number of rotatable bonds is 5. The van der Waals surface area contributed by atoms with Gasteiger partial charge in [0, 0.05) is 24.9 Å². The monoisotopic (exact) mass is 310 g/mol. The van der Waals surface area contributed by atoms with Crippen molar-refractivity contribution in [2.24, 2.45) is 0 Å². The molecule has 21 heavy (non-hydrogen) atoms. The summed E-state index contributed by atoms with van der Waals surface area (Å²) in [5.74, 6) is -0.205. The number of thiazole rings is 1. The molecule has 0 bridgehead atoms. The molecule has 1 aliphatic rings. The average Bonchev–Trinajstić information content (AvgIpc) is 2.92. The Morgan fingerprint density at radius 3 is 2.81 bits per heavy atom. The number of anilines is 1. The topological polar surface area (TPSA) is 74.3 Å². The van der Waals surface area contributed by atoms with Crippen LogP contribution in [0, 0.1) is 0 Å². The average molecular weight is 310 g/mol. The van der Waals surface area contributed by atoms with Gasteiger partial charge in [0.1, 0.15) is 5.69 Å². The van der Waals surface area contributed by atoms with E-state index in [0.717, 1.165) is 38.9 Å². The van der Waals surface area contributed by atoms with Gasteiger partial charge >= 0.3 is 0 Å². The van der Waals surface area contributed by atoms with Gasteiger partial charge in [0.05, 0.1) is 0 Å². The molecule has 2 N–H and O–H groups in total. The molecule has 0 aromatic carbocycles. The van der Waals surface area contributed by atoms with Crippen LogP contribution in [-0.4, -0.2) is 47.4 Å². The second-order valence-corrected chi connectivity index (χ2v) is 6.06. The molecule has 1 aliphatic heterocycles. The number of carbonyl (C=O) groups is 2. The highest BCUT2D eigenvalue weighted by Crippen LogP contribution is 2.20. The molecule has 6 nitrogen and oxygen atoms in total. The van der Waals surface area contributed by atoms with E-state index < -0.39 is 0 Å². The molecule has 2 heterocycles. The van der Waals surface area contributed by atoms with Gasteiger partial charge in [-0.15, -0.1) is 11.3 Å². The SMILES string of the molecule is CCCN(C(=O)c1csc(NC(C)=O)n1)C1CCNCC1. The molecule has 0 spiro atoms. The zero-order valence-corrected chi connectivity index (χ0v) is 13.3. The molecule has 2 rings (SSSR count). The highest BCUT2D eigenvalue weighted by Gasteiger charge is 2.27. The zero-order valence-electron chi connectivity index (χ0n) is 12.5. The molecule has 1 aromatic heterocycles. The molecule has 0 saturated carbocycles. The normalized spacial score (nSPS) is 15.7. The number of carbonyl (C=O) groups excluding carboxylic acids is 2. The third-order valence-corrected chi connectivity index (χ3v) is 4.24. The summed E-state index contributed by atoms with van der Waals surface area (Å²) >= 11 is 1.29. The molecular formula is C14H22N4O2S. The number of amides is 2. The molecule has 7 heteroatoms. The predicted molar refractivity (Wildman–Crippen MR) is 83.6 cm³/mol. The van der Waals surface area contributed by atoms with Crippen LogP contribution in [0.1, 0.15) is 43.6 Å². The fourth-order valence-electron chi connectivity index (χ4n) is 2.54. The van der Waals surface area contributed by atoms with Crippen molar-refractivity contribution in [2.75, 3.05) is 25.0 Å². The molecule has 116 valence electrons. The second-order valence-electron chi connectivity index (χ2n) is 5.20. The first-order valence-electron chi connectivity index (χ1n) is 7.36. The molecule has 0 atom stereocenters. The maximum atomic E-state index is 12.7. The molecule has 1 fully saturated rings. The molecule has 1 aromatic rings. The van der Waals surface area contributed by atoms with Gasteiger partial charge in [-0.3, -0.25) is 9.59 Å². The van der Waals surface area contributed by atoms with Crippen LogP contribution in [-0.2, 0) is 4.79 Å². The van der Waals surface area contributed by atoms with Crippen molar-refractivity contribution in [1.29, 1.82) is 0 Å². The van der Waals surface area contributed by atoms with E-state index in [1.54, 1.807) is 5.38 Å². The standard InChI is InChI=1S/C14H22N4O2S/c1-3-8-18(11-4-6-15-7-5-11)13(20)12-9-21-14(17-12)16-10(2)19/h9,11,15H,3-8H2,1-2H3,(H,16,17,19). The number of hydrogen-bond donors (Lipinski definition) is 2. The summed E-state index contributed by atoms with van der Waals surface area (Å²) in [7, 11) is 0. The van der Waals surface area contributed by atoms with Gasteiger partial charge in [0.25, 0.3) is 5.91 Å². The first-order chi connectivity index (χ1) is 10.1. The van der Waals surface area contributed by atoms with E-state index in [1.165, 1.54) is 18.3 Å². The van der Waals surface area contributed by atoms with Crippen molar-refractivity contribution >= 4 is 28.3 Å². The lowest BCUT2D eigenvalue weighted by molar-refractivity contribution is -0.114. The summed E-state index contributed by atoms with van der Waals surface area (Å²) in [4.78, 5) is 29.9. The van der Waals surface area contributed by atoms with Crippen molar-refractivity contribution in [1.82, 2.24) is 15.2 Å². The fraction of sp³-hybridized carbons (Fsp3) is 0.643. The summed E-state index contributed by atoms with van der Waals surface area (Å²) in [5.41, 5.74) is 0.427. The van der Waals surface area contributed by atoms with Crippen molar-refractivity contribution < 1.29 is 9.59 Å². The van der Waals surface area contributed by atoms with E-state index >= 15 is 0 Å². The Kier molecular flexibility index (Phi) is 5.69. The maximum Gasteiger partial charge on any atom is 0.273 e. The third kappa shape index (κ3) is 4.25. The van der Waals surface area contributed by atoms with E-state index in [4.69, 9.17) is 0 Å². The van der Waals surface area contributed by atoms with Crippen LogP contribution < -0.4 is 10.6 Å². The van der Waals surface area contributed by atoms with Crippen molar-refractivity contribution in [2.45, 2.75) is 39.2 Å². The first kappa shape index (κ1) is 15.9. The van der Waals surface area contributed by atoms with Crippen molar-refractivity contribution in [3.63, 3.8) is 0 Å². The smallest absolute Gasteiger partial charge is 0.273 e. The van der Waals surface area contributed by atoms with E-state index in [2.05, 4.69) is 22.5 Å². The molecule has 0 unspecified atom stereocenters. The highest BCUT2D eigenvalue weighted by molar-refractivity contribution is 7.14. The molecule has 1 saturated heterocycles. The Labute approximate surface area is 128 Å². The Hall–Kier alpha value is -1.47. The Bertz CT molecular complexity index is 497. The van der Waals surface area contributed by atoms with Gasteiger partial charge in [0.15, 0.2) is 5.13 Å². The molecule has 0 aliphatic carbocycles. The number of hydrogen-bond acceptors (Lipinski definition) is 5. The number of piperidine rings is 1. The summed E-state index contributed by atoms with van der Waals surface area (Å²) in [6, 6.07) is 0.282. The van der Waals surface area contributed by atoms with Gasteiger partial charge in [0.2, 0.25) is 5.91 Å². The van der Waals surface area contributed by atoms with E-state index in [0.29, 0.717) is 10.8 Å². The van der Waals surface area contributed by atoms with Crippen LogP contribution in [0.4, 0.5) is 5.13 Å². The van der Waals surface area contributed by atoms with Crippen LogP contribution in [0.2, 0.25) is 0 Å². The summed E-state index contributed by atoms with van der Waals surface area (Å²) in [5, 5.41) is 8.13. The highest BCUT2D eigenvalue weighted by atomic mass is 32.1. The predicted octanol–water partition coefficient (Wildman–Crippen LogP) is 1.71.